The van der Waals surface area contributed by atoms with Gasteiger partial charge in [0, 0.05) is 30.5 Å². The molecule has 0 spiro atoms. The molecule has 0 N–H and O–H groups in total. The molecule has 2 heterocycles. The van der Waals surface area contributed by atoms with Crippen LogP contribution in [-0.4, -0.2) is 21.9 Å². The molecular formula is C21H19FN2O. The lowest BCUT2D eigenvalue weighted by atomic mass is 9.98. The van der Waals surface area contributed by atoms with Gasteiger partial charge in [-0.15, -0.1) is 0 Å². The first-order valence-electron chi connectivity index (χ1n) is 8.42. The molecule has 1 aliphatic heterocycles. The van der Waals surface area contributed by atoms with Crippen LogP contribution >= 0.6 is 0 Å². The number of fused-ring (bicyclic) bond motifs is 1. The van der Waals surface area contributed by atoms with Crippen molar-refractivity contribution in [2.24, 2.45) is 0 Å². The van der Waals surface area contributed by atoms with Gasteiger partial charge in [0.2, 0.25) is 0 Å². The highest BCUT2D eigenvalue weighted by atomic mass is 19.1. The van der Waals surface area contributed by atoms with Crippen LogP contribution in [0.4, 0.5) is 4.39 Å². The first-order chi connectivity index (χ1) is 12.1. The first-order valence-corrected chi connectivity index (χ1v) is 8.42. The number of aromatic nitrogens is 1. The molecule has 0 bridgehead atoms. The summed E-state index contributed by atoms with van der Waals surface area (Å²) in [5.41, 5.74) is 3.45. The Hall–Kier alpha value is -2.88. The number of hydrogen-bond donors (Lipinski definition) is 0. The quantitative estimate of drug-likeness (QED) is 0.690. The maximum Gasteiger partial charge on any atom is 0.255 e. The maximum absolute atomic E-state index is 13.8. The van der Waals surface area contributed by atoms with Crippen LogP contribution in [0.15, 0.2) is 66.9 Å². The molecule has 1 aliphatic rings. The topological polar surface area (TPSA) is 25.2 Å². The van der Waals surface area contributed by atoms with Crippen molar-refractivity contribution in [3.63, 3.8) is 0 Å². The van der Waals surface area contributed by atoms with Crippen LogP contribution in [0.1, 0.15) is 33.2 Å². The molecule has 0 fully saturated rings. The molecule has 0 saturated carbocycles. The smallest absolute Gasteiger partial charge is 0.255 e. The molecule has 3 aromatic rings. The Labute approximate surface area is 146 Å². The molecule has 25 heavy (non-hydrogen) atoms. The summed E-state index contributed by atoms with van der Waals surface area (Å²) < 4.78 is 16.0. The van der Waals surface area contributed by atoms with Gasteiger partial charge in [0.1, 0.15) is 5.82 Å². The molecule has 0 saturated heterocycles. The standard InChI is InChI=1S/C21H19FN2O/c1-15-6-2-3-9-18(15)21(25)24-13-12-23-11-5-10-19(23)20(24)16-7-4-8-17(22)14-16/h2-11,14,20H,12-13H2,1H3. The minimum Gasteiger partial charge on any atom is -0.348 e. The number of rotatable bonds is 2. The van der Waals surface area contributed by atoms with Crippen LogP contribution in [0.3, 0.4) is 0 Å². The van der Waals surface area contributed by atoms with E-state index in [2.05, 4.69) is 4.57 Å². The first kappa shape index (κ1) is 15.6. The Morgan fingerprint density at radius 1 is 1.04 bits per heavy atom. The van der Waals surface area contributed by atoms with E-state index in [1.165, 1.54) is 12.1 Å². The van der Waals surface area contributed by atoms with Crippen LogP contribution in [0.2, 0.25) is 0 Å². The van der Waals surface area contributed by atoms with Crippen molar-refractivity contribution in [1.82, 2.24) is 9.47 Å². The molecule has 1 amide bonds. The van der Waals surface area contributed by atoms with Gasteiger partial charge in [-0.3, -0.25) is 4.79 Å². The van der Waals surface area contributed by atoms with Gasteiger partial charge in [-0.2, -0.15) is 0 Å². The lowest BCUT2D eigenvalue weighted by Gasteiger charge is -2.37. The predicted octanol–water partition coefficient (Wildman–Crippen LogP) is 4.18. The van der Waals surface area contributed by atoms with Crippen molar-refractivity contribution in [3.05, 3.63) is 95.1 Å². The van der Waals surface area contributed by atoms with Gasteiger partial charge in [-0.1, -0.05) is 30.3 Å². The van der Waals surface area contributed by atoms with Crippen molar-refractivity contribution in [1.29, 1.82) is 0 Å². The van der Waals surface area contributed by atoms with Crippen LogP contribution in [0.5, 0.6) is 0 Å². The summed E-state index contributed by atoms with van der Waals surface area (Å²) in [6.07, 6.45) is 2.01. The Balaban J connectivity index is 1.81. The molecule has 4 heteroatoms. The van der Waals surface area contributed by atoms with Crippen molar-refractivity contribution in [2.75, 3.05) is 6.54 Å². The Bertz CT molecular complexity index is 931. The van der Waals surface area contributed by atoms with E-state index in [1.54, 1.807) is 6.07 Å². The van der Waals surface area contributed by atoms with Crippen molar-refractivity contribution in [2.45, 2.75) is 19.5 Å². The third-order valence-corrected chi connectivity index (χ3v) is 4.84. The molecule has 1 atom stereocenters. The van der Waals surface area contributed by atoms with Crippen molar-refractivity contribution < 1.29 is 9.18 Å². The second-order valence-electron chi connectivity index (χ2n) is 6.40. The summed E-state index contributed by atoms with van der Waals surface area (Å²) in [5.74, 6) is -0.302. The number of hydrogen-bond acceptors (Lipinski definition) is 1. The predicted molar refractivity (Wildman–Crippen MR) is 94.9 cm³/mol. The van der Waals surface area contributed by atoms with E-state index in [-0.39, 0.29) is 17.8 Å². The molecule has 0 aliphatic carbocycles. The maximum atomic E-state index is 13.8. The van der Waals surface area contributed by atoms with E-state index in [9.17, 15) is 9.18 Å². The van der Waals surface area contributed by atoms with Crippen molar-refractivity contribution >= 4 is 5.91 Å². The minimum atomic E-state index is -0.288. The van der Waals surface area contributed by atoms with Gasteiger partial charge < -0.3 is 9.47 Å². The highest BCUT2D eigenvalue weighted by molar-refractivity contribution is 5.96. The van der Waals surface area contributed by atoms with Crippen LogP contribution in [0.25, 0.3) is 0 Å². The number of carbonyl (C=O) groups is 1. The molecule has 3 nitrogen and oxygen atoms in total. The SMILES string of the molecule is Cc1ccccc1C(=O)N1CCn2cccc2C1c1cccc(F)c1. The van der Waals surface area contributed by atoms with Gasteiger partial charge >= 0.3 is 0 Å². The van der Waals surface area contributed by atoms with Gasteiger partial charge in [-0.25, -0.2) is 4.39 Å². The molecule has 2 aromatic carbocycles. The van der Waals surface area contributed by atoms with Crippen LogP contribution in [0, 0.1) is 12.7 Å². The molecule has 4 rings (SSSR count). The second kappa shape index (κ2) is 6.20. The molecule has 126 valence electrons. The molecule has 0 radical (unpaired) electrons. The molecular weight excluding hydrogens is 315 g/mol. The van der Waals surface area contributed by atoms with Crippen LogP contribution in [-0.2, 0) is 6.54 Å². The van der Waals surface area contributed by atoms with E-state index in [0.717, 1.165) is 23.4 Å². The summed E-state index contributed by atoms with van der Waals surface area (Å²) >= 11 is 0. The number of halogens is 1. The fourth-order valence-corrected chi connectivity index (χ4v) is 3.60. The number of benzene rings is 2. The Kier molecular flexibility index (Phi) is 3.88. The van der Waals surface area contributed by atoms with E-state index in [4.69, 9.17) is 0 Å². The minimum absolute atomic E-state index is 0.0141. The van der Waals surface area contributed by atoms with Gasteiger partial charge in [0.05, 0.1) is 6.04 Å². The van der Waals surface area contributed by atoms with E-state index < -0.39 is 0 Å². The average Bonchev–Trinajstić information content (AvgIpc) is 3.09. The Morgan fingerprint density at radius 2 is 1.88 bits per heavy atom. The zero-order valence-corrected chi connectivity index (χ0v) is 14.0. The monoisotopic (exact) mass is 334 g/mol. The number of carbonyl (C=O) groups excluding carboxylic acids is 1. The average molecular weight is 334 g/mol. The number of aryl methyl sites for hydroxylation is 1. The summed E-state index contributed by atoms with van der Waals surface area (Å²) in [4.78, 5) is 15.1. The summed E-state index contributed by atoms with van der Waals surface area (Å²) in [6.45, 7) is 3.28. The van der Waals surface area contributed by atoms with Crippen LogP contribution < -0.4 is 0 Å². The largest absolute Gasteiger partial charge is 0.348 e. The highest BCUT2D eigenvalue weighted by Crippen LogP contribution is 2.34. The lowest BCUT2D eigenvalue weighted by molar-refractivity contribution is 0.0663. The zero-order chi connectivity index (χ0) is 17.4. The third kappa shape index (κ3) is 2.74. The summed E-state index contributed by atoms with van der Waals surface area (Å²) in [7, 11) is 0. The molecule has 1 aromatic heterocycles. The van der Waals surface area contributed by atoms with E-state index in [1.807, 2.05) is 60.5 Å². The number of nitrogens with zero attached hydrogens (tertiary/aromatic N) is 2. The van der Waals surface area contributed by atoms with Crippen molar-refractivity contribution in [3.8, 4) is 0 Å². The third-order valence-electron chi connectivity index (χ3n) is 4.84. The fraction of sp³-hybridized carbons (Fsp3) is 0.190. The lowest BCUT2D eigenvalue weighted by Crippen LogP contribution is -2.42. The zero-order valence-electron chi connectivity index (χ0n) is 14.0. The normalized spacial score (nSPS) is 16.6. The fourth-order valence-electron chi connectivity index (χ4n) is 3.60. The van der Waals surface area contributed by atoms with Gasteiger partial charge in [0.15, 0.2) is 0 Å². The van der Waals surface area contributed by atoms with Gasteiger partial charge in [0.25, 0.3) is 5.91 Å². The molecule has 1 unspecified atom stereocenters. The van der Waals surface area contributed by atoms with E-state index >= 15 is 0 Å². The van der Waals surface area contributed by atoms with E-state index in [0.29, 0.717) is 12.1 Å². The second-order valence-corrected chi connectivity index (χ2v) is 6.40. The van der Waals surface area contributed by atoms with Gasteiger partial charge in [-0.05, 0) is 48.4 Å². The highest BCUT2D eigenvalue weighted by Gasteiger charge is 2.33. The summed E-state index contributed by atoms with van der Waals surface area (Å²) in [6, 6.07) is 17.8. The number of amides is 1. The summed E-state index contributed by atoms with van der Waals surface area (Å²) in [5, 5.41) is 0. The Morgan fingerprint density at radius 3 is 2.68 bits per heavy atom.